The van der Waals surface area contributed by atoms with Gasteiger partial charge < -0.3 is 10.2 Å². The number of hydrogen-bond acceptors (Lipinski definition) is 4. The molecule has 1 N–H and O–H groups in total. The second-order valence-corrected chi connectivity index (χ2v) is 13.5. The third-order valence-electron chi connectivity index (χ3n) is 7.33. The fourth-order valence-corrected chi connectivity index (χ4v) is 6.58. The van der Waals surface area contributed by atoms with Crippen LogP contribution in [0, 0.1) is 19.7 Å². The Kier molecular flexibility index (Phi) is 11.0. The van der Waals surface area contributed by atoms with E-state index in [9.17, 15) is 18.0 Å². The first-order valence-electron chi connectivity index (χ1n) is 14.6. The third kappa shape index (κ3) is 8.49. The number of nitrogens with zero attached hydrogens (tertiary/aromatic N) is 2. The van der Waals surface area contributed by atoms with E-state index >= 15 is 4.39 Å². The van der Waals surface area contributed by atoms with Crippen LogP contribution in [0.5, 0.6) is 0 Å². The van der Waals surface area contributed by atoms with Crippen molar-refractivity contribution in [1.29, 1.82) is 0 Å². The molecule has 0 saturated carbocycles. The van der Waals surface area contributed by atoms with Gasteiger partial charge in [-0.05, 0) is 69.2 Å². The van der Waals surface area contributed by atoms with Crippen molar-refractivity contribution in [3.8, 4) is 0 Å². The fourth-order valence-electron chi connectivity index (χ4n) is 4.95. The minimum Gasteiger partial charge on any atom is -0.352 e. The minimum atomic E-state index is -4.29. The van der Waals surface area contributed by atoms with Gasteiger partial charge in [0.05, 0.1) is 10.6 Å². The quantitative estimate of drug-likeness (QED) is 0.191. The summed E-state index contributed by atoms with van der Waals surface area (Å²) in [4.78, 5) is 29.5. The van der Waals surface area contributed by atoms with Crippen LogP contribution in [0.3, 0.4) is 0 Å². The summed E-state index contributed by atoms with van der Waals surface area (Å²) in [6.45, 7) is 6.25. The van der Waals surface area contributed by atoms with Crippen LogP contribution >= 0.6 is 11.6 Å². The van der Waals surface area contributed by atoms with Crippen LogP contribution in [0.15, 0.2) is 102 Å². The van der Waals surface area contributed by atoms with Gasteiger partial charge in [0.25, 0.3) is 10.0 Å². The number of anilines is 1. The number of carbonyl (C=O) groups is 2. The van der Waals surface area contributed by atoms with Crippen molar-refractivity contribution >= 4 is 39.1 Å². The first-order valence-corrected chi connectivity index (χ1v) is 16.4. The molecule has 0 heterocycles. The van der Waals surface area contributed by atoms with E-state index in [1.807, 2.05) is 37.3 Å². The summed E-state index contributed by atoms with van der Waals surface area (Å²) in [5, 5.41) is 3.17. The molecule has 4 aromatic rings. The molecule has 0 aliphatic rings. The van der Waals surface area contributed by atoms with E-state index in [-0.39, 0.29) is 40.2 Å². The van der Waals surface area contributed by atoms with Gasteiger partial charge >= 0.3 is 0 Å². The maximum atomic E-state index is 15.0. The molecule has 0 radical (unpaired) electrons. The largest absolute Gasteiger partial charge is 0.352 e. The molecule has 45 heavy (non-hydrogen) atoms. The third-order valence-corrected chi connectivity index (χ3v) is 9.34. The van der Waals surface area contributed by atoms with E-state index in [2.05, 4.69) is 5.32 Å². The summed E-state index contributed by atoms with van der Waals surface area (Å²) in [6, 6.07) is 25.0. The van der Waals surface area contributed by atoms with Crippen molar-refractivity contribution in [2.24, 2.45) is 0 Å². The van der Waals surface area contributed by atoms with Crippen LogP contribution in [0.4, 0.5) is 10.1 Å². The summed E-state index contributed by atoms with van der Waals surface area (Å²) < 4.78 is 44.4. The molecule has 0 aliphatic carbocycles. The van der Waals surface area contributed by atoms with Gasteiger partial charge in [-0.2, -0.15) is 0 Å². The van der Waals surface area contributed by atoms with E-state index < -0.39 is 40.2 Å². The standard InChI is InChI=1S/C35H37ClFN3O4S/c1-24(2)38-35(42)33(20-27-10-6-5-7-11-27)39(22-28-12-8-9-13-31(28)37)34(41)23-40(32-21-29(36)17-16-26(32)4)45(43,44)30-18-14-25(3)15-19-30/h5-19,21,24,33H,20,22-23H2,1-4H3,(H,38,42)/t33-/m1/s1. The monoisotopic (exact) mass is 649 g/mol. The number of halogens is 2. The summed E-state index contributed by atoms with van der Waals surface area (Å²) in [5.74, 6) is -1.67. The number of benzene rings is 4. The topological polar surface area (TPSA) is 86.8 Å². The van der Waals surface area contributed by atoms with Gasteiger partial charge in [-0.25, -0.2) is 12.8 Å². The lowest BCUT2D eigenvalue weighted by Gasteiger charge is -2.34. The molecule has 236 valence electrons. The Hall–Kier alpha value is -4.21. The molecule has 10 heteroatoms. The van der Waals surface area contributed by atoms with Crippen molar-refractivity contribution in [3.63, 3.8) is 0 Å². The zero-order valence-electron chi connectivity index (χ0n) is 25.7. The Morgan fingerprint density at radius 1 is 0.889 bits per heavy atom. The average Bonchev–Trinajstić information content (AvgIpc) is 3.00. The molecule has 2 amide bonds. The van der Waals surface area contributed by atoms with Crippen LogP contribution in [0.2, 0.25) is 5.02 Å². The van der Waals surface area contributed by atoms with Crippen molar-refractivity contribution < 1.29 is 22.4 Å². The van der Waals surface area contributed by atoms with E-state index in [4.69, 9.17) is 11.6 Å². The van der Waals surface area contributed by atoms with E-state index in [1.165, 1.54) is 41.3 Å². The molecule has 0 aliphatic heterocycles. The summed E-state index contributed by atoms with van der Waals surface area (Å²) in [7, 11) is -4.29. The SMILES string of the molecule is Cc1ccc(S(=O)(=O)N(CC(=O)N(Cc2ccccc2F)[C@H](Cc2ccccc2)C(=O)NC(C)C)c2cc(Cl)ccc2C)cc1. The van der Waals surface area contributed by atoms with Crippen molar-refractivity contribution in [1.82, 2.24) is 10.2 Å². The van der Waals surface area contributed by atoms with Gasteiger partial charge in [0.2, 0.25) is 11.8 Å². The van der Waals surface area contributed by atoms with Crippen molar-refractivity contribution in [2.45, 2.75) is 57.6 Å². The molecular formula is C35H37ClFN3O4S. The molecule has 0 aromatic heterocycles. The van der Waals surface area contributed by atoms with Gasteiger partial charge in [0.15, 0.2) is 0 Å². The lowest BCUT2D eigenvalue weighted by Crippen LogP contribution is -2.54. The lowest BCUT2D eigenvalue weighted by atomic mass is 10.0. The second-order valence-electron chi connectivity index (χ2n) is 11.2. The molecule has 7 nitrogen and oxygen atoms in total. The highest BCUT2D eigenvalue weighted by Crippen LogP contribution is 2.30. The molecule has 1 atom stereocenters. The summed E-state index contributed by atoms with van der Waals surface area (Å²) >= 11 is 6.32. The normalized spacial score (nSPS) is 12.1. The maximum absolute atomic E-state index is 15.0. The second kappa shape index (κ2) is 14.7. The number of carbonyl (C=O) groups excluding carboxylic acids is 2. The Labute approximate surface area is 269 Å². The van der Waals surface area contributed by atoms with Crippen LogP contribution in [-0.2, 0) is 32.6 Å². The van der Waals surface area contributed by atoms with Gasteiger partial charge in [0, 0.05) is 29.6 Å². The first-order chi connectivity index (χ1) is 21.4. The summed E-state index contributed by atoms with van der Waals surface area (Å²) in [6.07, 6.45) is 0.125. The molecule has 4 rings (SSSR count). The minimum absolute atomic E-state index is 0.0145. The zero-order valence-corrected chi connectivity index (χ0v) is 27.3. The van der Waals surface area contributed by atoms with Crippen LogP contribution in [-0.4, -0.2) is 43.8 Å². The van der Waals surface area contributed by atoms with Crippen LogP contribution < -0.4 is 9.62 Å². The van der Waals surface area contributed by atoms with Gasteiger partial charge in [-0.3, -0.25) is 13.9 Å². The highest BCUT2D eigenvalue weighted by atomic mass is 35.5. The Bertz CT molecular complexity index is 1750. The molecular weight excluding hydrogens is 613 g/mol. The van der Waals surface area contributed by atoms with Crippen LogP contribution in [0.25, 0.3) is 0 Å². The number of nitrogens with one attached hydrogen (secondary N) is 1. The van der Waals surface area contributed by atoms with Crippen LogP contribution in [0.1, 0.15) is 36.1 Å². The summed E-state index contributed by atoms with van der Waals surface area (Å²) in [5.41, 5.74) is 2.62. The van der Waals surface area contributed by atoms with Gasteiger partial charge in [-0.1, -0.05) is 83.9 Å². The Morgan fingerprint density at radius 3 is 2.18 bits per heavy atom. The van der Waals surface area contributed by atoms with E-state index in [0.717, 1.165) is 15.4 Å². The highest BCUT2D eigenvalue weighted by molar-refractivity contribution is 7.92. The molecule has 0 fully saturated rings. The lowest BCUT2D eigenvalue weighted by molar-refractivity contribution is -0.140. The maximum Gasteiger partial charge on any atom is 0.264 e. The van der Waals surface area contributed by atoms with E-state index in [0.29, 0.717) is 5.56 Å². The first kappa shape index (κ1) is 33.7. The highest BCUT2D eigenvalue weighted by Gasteiger charge is 2.35. The van der Waals surface area contributed by atoms with Crippen molar-refractivity contribution in [3.05, 3.63) is 130 Å². The molecule has 4 aromatic carbocycles. The molecule has 0 saturated heterocycles. The van der Waals surface area contributed by atoms with Gasteiger partial charge in [-0.15, -0.1) is 0 Å². The van der Waals surface area contributed by atoms with Crippen molar-refractivity contribution in [2.75, 3.05) is 10.8 Å². The average molecular weight is 650 g/mol. The number of hydrogen-bond donors (Lipinski definition) is 1. The predicted octanol–water partition coefficient (Wildman–Crippen LogP) is 6.46. The number of aryl methyl sites for hydroxylation is 2. The number of sulfonamides is 1. The zero-order chi connectivity index (χ0) is 32.7. The fraction of sp³-hybridized carbons (Fsp3) is 0.257. The number of amides is 2. The van der Waals surface area contributed by atoms with E-state index in [1.54, 1.807) is 51.1 Å². The molecule has 0 bridgehead atoms. The number of rotatable bonds is 12. The molecule has 0 unspecified atom stereocenters. The smallest absolute Gasteiger partial charge is 0.264 e. The molecule has 0 spiro atoms. The van der Waals surface area contributed by atoms with Gasteiger partial charge in [0.1, 0.15) is 18.4 Å². The predicted molar refractivity (Wildman–Crippen MR) is 176 cm³/mol. The Balaban J connectivity index is 1.84. The Morgan fingerprint density at radius 2 is 1.53 bits per heavy atom.